The van der Waals surface area contributed by atoms with E-state index in [4.69, 9.17) is 0 Å². The number of hydrogen-bond acceptors (Lipinski definition) is 4. The number of carbonyl (C=O) groups excluding carboxylic acids is 1. The number of carbonyl (C=O) groups is 1. The van der Waals surface area contributed by atoms with Crippen LogP contribution in [-0.2, 0) is 18.4 Å². The zero-order valence-corrected chi connectivity index (χ0v) is 12.1. The van der Waals surface area contributed by atoms with Crippen LogP contribution >= 0.6 is 0 Å². The number of fused-ring (bicyclic) bond motifs is 1. The van der Waals surface area contributed by atoms with Crippen LogP contribution in [0.15, 0.2) is 47.8 Å². The van der Waals surface area contributed by atoms with Crippen LogP contribution < -0.4 is 10.9 Å². The molecule has 0 aliphatic carbocycles. The Morgan fingerprint density at radius 2 is 2.09 bits per heavy atom. The Kier molecular flexibility index (Phi) is 3.69. The lowest BCUT2D eigenvalue weighted by Gasteiger charge is -2.07. The van der Waals surface area contributed by atoms with Crippen LogP contribution in [-0.4, -0.2) is 25.0 Å². The molecule has 0 aliphatic rings. The molecule has 112 valence electrons. The molecule has 2 aromatic heterocycles. The zero-order valence-electron chi connectivity index (χ0n) is 12.1. The molecule has 7 nitrogen and oxygen atoms in total. The molecule has 0 radical (unpaired) electrons. The van der Waals surface area contributed by atoms with Gasteiger partial charge in [-0.1, -0.05) is 12.1 Å². The number of hydrogen-bond donors (Lipinski definition) is 1. The Bertz CT molecular complexity index is 881. The van der Waals surface area contributed by atoms with E-state index in [0.29, 0.717) is 16.9 Å². The minimum absolute atomic E-state index is 0.143. The normalized spacial score (nSPS) is 10.8. The smallest absolute Gasteiger partial charge is 0.261 e. The summed E-state index contributed by atoms with van der Waals surface area (Å²) in [6, 6.07) is 7.15. The van der Waals surface area contributed by atoms with Crippen LogP contribution in [0.5, 0.6) is 0 Å². The van der Waals surface area contributed by atoms with Crippen LogP contribution in [0.1, 0.15) is 6.42 Å². The average molecular weight is 297 g/mol. The third-order valence-electron chi connectivity index (χ3n) is 3.38. The average Bonchev–Trinajstić information content (AvgIpc) is 2.92. The standard InChI is InChI=1S/C15H15N5O2/c1-19-9-7-16-15(19)18-13(21)6-8-20-10-17-12-5-3-2-4-11(12)14(20)22/h2-5,7,9-10H,6,8H2,1H3,(H,16,18,21). The number of para-hydroxylation sites is 1. The quantitative estimate of drug-likeness (QED) is 0.783. The van der Waals surface area contributed by atoms with Crippen molar-refractivity contribution >= 4 is 22.8 Å². The van der Waals surface area contributed by atoms with E-state index in [1.807, 2.05) is 6.07 Å². The van der Waals surface area contributed by atoms with Gasteiger partial charge < -0.3 is 4.57 Å². The number of benzene rings is 1. The zero-order chi connectivity index (χ0) is 15.5. The highest BCUT2D eigenvalue weighted by molar-refractivity contribution is 5.89. The molecule has 1 N–H and O–H groups in total. The molecule has 0 fully saturated rings. The van der Waals surface area contributed by atoms with E-state index in [-0.39, 0.29) is 24.4 Å². The van der Waals surface area contributed by atoms with Gasteiger partial charge in [-0.05, 0) is 12.1 Å². The maximum Gasteiger partial charge on any atom is 0.261 e. The van der Waals surface area contributed by atoms with E-state index < -0.39 is 0 Å². The van der Waals surface area contributed by atoms with Gasteiger partial charge in [-0.2, -0.15) is 0 Å². The van der Waals surface area contributed by atoms with E-state index >= 15 is 0 Å². The molecule has 0 bridgehead atoms. The summed E-state index contributed by atoms with van der Waals surface area (Å²) < 4.78 is 3.15. The maximum absolute atomic E-state index is 12.3. The van der Waals surface area contributed by atoms with Crippen molar-refractivity contribution in [1.29, 1.82) is 0 Å². The first-order valence-corrected chi connectivity index (χ1v) is 6.86. The SMILES string of the molecule is Cn1ccnc1NC(=O)CCn1cnc2ccccc2c1=O. The van der Waals surface area contributed by atoms with E-state index in [2.05, 4.69) is 15.3 Å². The molecule has 0 aliphatic heterocycles. The first-order chi connectivity index (χ1) is 10.6. The van der Waals surface area contributed by atoms with Crippen molar-refractivity contribution in [2.24, 2.45) is 7.05 Å². The van der Waals surface area contributed by atoms with Gasteiger partial charge in [0.2, 0.25) is 11.9 Å². The van der Waals surface area contributed by atoms with Crippen molar-refractivity contribution in [2.75, 3.05) is 5.32 Å². The van der Waals surface area contributed by atoms with Crippen molar-refractivity contribution in [1.82, 2.24) is 19.1 Å². The minimum Gasteiger partial charge on any atom is -0.320 e. The molecule has 0 saturated heterocycles. The van der Waals surface area contributed by atoms with Gasteiger partial charge in [0.05, 0.1) is 17.2 Å². The summed E-state index contributed by atoms with van der Waals surface area (Å²) >= 11 is 0. The van der Waals surface area contributed by atoms with E-state index in [1.54, 1.807) is 42.2 Å². The topological polar surface area (TPSA) is 81.8 Å². The highest BCUT2D eigenvalue weighted by atomic mass is 16.2. The summed E-state index contributed by atoms with van der Waals surface area (Å²) in [7, 11) is 1.79. The van der Waals surface area contributed by atoms with Gasteiger partial charge in [-0.25, -0.2) is 9.97 Å². The largest absolute Gasteiger partial charge is 0.320 e. The number of rotatable bonds is 4. The van der Waals surface area contributed by atoms with Crippen LogP contribution in [0.2, 0.25) is 0 Å². The molecule has 3 aromatic rings. The molecule has 22 heavy (non-hydrogen) atoms. The summed E-state index contributed by atoms with van der Waals surface area (Å²) in [6.07, 6.45) is 4.99. The number of anilines is 1. The van der Waals surface area contributed by atoms with Crippen LogP contribution in [0.4, 0.5) is 5.95 Å². The van der Waals surface area contributed by atoms with Crippen molar-refractivity contribution in [3.8, 4) is 0 Å². The van der Waals surface area contributed by atoms with Gasteiger partial charge in [-0.3, -0.25) is 19.5 Å². The van der Waals surface area contributed by atoms with E-state index in [0.717, 1.165) is 0 Å². The number of aromatic nitrogens is 4. The van der Waals surface area contributed by atoms with Gasteiger partial charge in [0.25, 0.3) is 5.56 Å². The first kappa shape index (κ1) is 14.0. The lowest BCUT2D eigenvalue weighted by molar-refractivity contribution is -0.116. The lowest BCUT2D eigenvalue weighted by atomic mass is 10.2. The fourth-order valence-electron chi connectivity index (χ4n) is 2.16. The Balaban J connectivity index is 1.71. The molecule has 0 spiro atoms. The predicted molar refractivity (Wildman–Crippen MR) is 82.5 cm³/mol. The second-order valence-corrected chi connectivity index (χ2v) is 4.92. The number of amides is 1. The van der Waals surface area contributed by atoms with Gasteiger partial charge in [0.1, 0.15) is 0 Å². The Morgan fingerprint density at radius 3 is 2.86 bits per heavy atom. The molecule has 0 atom stereocenters. The molecule has 2 heterocycles. The Labute approximate surface area is 126 Å². The van der Waals surface area contributed by atoms with Crippen LogP contribution in [0.3, 0.4) is 0 Å². The third kappa shape index (κ3) is 2.73. The molecular weight excluding hydrogens is 282 g/mol. The Morgan fingerprint density at radius 1 is 1.27 bits per heavy atom. The first-order valence-electron chi connectivity index (χ1n) is 6.86. The van der Waals surface area contributed by atoms with Crippen molar-refractivity contribution < 1.29 is 4.79 Å². The number of aryl methyl sites for hydroxylation is 2. The van der Waals surface area contributed by atoms with Crippen molar-refractivity contribution in [2.45, 2.75) is 13.0 Å². The molecule has 1 aromatic carbocycles. The monoisotopic (exact) mass is 297 g/mol. The molecule has 1 amide bonds. The molecule has 7 heteroatoms. The van der Waals surface area contributed by atoms with E-state index in [1.165, 1.54) is 10.9 Å². The highest BCUT2D eigenvalue weighted by Gasteiger charge is 2.08. The summed E-state index contributed by atoms with van der Waals surface area (Å²) in [4.78, 5) is 32.4. The molecule has 0 saturated carbocycles. The molecular formula is C15H15N5O2. The summed E-state index contributed by atoms with van der Waals surface area (Å²) in [6.45, 7) is 0.271. The van der Waals surface area contributed by atoms with E-state index in [9.17, 15) is 9.59 Å². The highest BCUT2D eigenvalue weighted by Crippen LogP contribution is 2.05. The lowest BCUT2D eigenvalue weighted by Crippen LogP contribution is -2.24. The third-order valence-corrected chi connectivity index (χ3v) is 3.38. The second-order valence-electron chi connectivity index (χ2n) is 4.92. The molecule has 3 rings (SSSR count). The fraction of sp³-hybridized carbons (Fsp3) is 0.200. The van der Waals surface area contributed by atoms with Crippen molar-refractivity contribution in [3.05, 3.63) is 53.3 Å². The summed E-state index contributed by atoms with van der Waals surface area (Å²) in [5.74, 6) is 0.281. The maximum atomic E-state index is 12.3. The summed E-state index contributed by atoms with van der Waals surface area (Å²) in [5.41, 5.74) is 0.511. The van der Waals surface area contributed by atoms with Gasteiger partial charge in [0.15, 0.2) is 0 Å². The minimum atomic E-state index is -0.200. The van der Waals surface area contributed by atoms with Gasteiger partial charge in [0, 0.05) is 32.4 Å². The fourth-order valence-corrected chi connectivity index (χ4v) is 2.16. The van der Waals surface area contributed by atoms with Crippen molar-refractivity contribution in [3.63, 3.8) is 0 Å². The summed E-state index contributed by atoms with van der Waals surface area (Å²) in [5, 5.41) is 3.24. The number of nitrogens with zero attached hydrogens (tertiary/aromatic N) is 4. The van der Waals surface area contributed by atoms with Crippen LogP contribution in [0, 0.1) is 0 Å². The van der Waals surface area contributed by atoms with Gasteiger partial charge >= 0.3 is 0 Å². The predicted octanol–water partition coefficient (Wildman–Crippen LogP) is 1.16. The number of nitrogens with one attached hydrogen (secondary N) is 1. The van der Waals surface area contributed by atoms with Crippen LogP contribution in [0.25, 0.3) is 10.9 Å². The second kappa shape index (κ2) is 5.80. The molecule has 0 unspecified atom stereocenters. The number of imidazole rings is 1. The van der Waals surface area contributed by atoms with Gasteiger partial charge in [-0.15, -0.1) is 0 Å². The Hall–Kier alpha value is -2.96.